The first-order valence-electron chi connectivity index (χ1n) is 7.49. The van der Waals surface area contributed by atoms with Crippen LogP contribution in [0.1, 0.15) is 32.1 Å². The van der Waals surface area contributed by atoms with E-state index in [9.17, 15) is 9.59 Å². The molecule has 122 valence electrons. The molecule has 3 rings (SSSR count). The molecule has 2 bridgehead atoms. The normalized spacial score (nSPS) is 30.3. The number of amides is 1. The van der Waals surface area contributed by atoms with Crippen LogP contribution in [0.2, 0.25) is 0 Å². The van der Waals surface area contributed by atoms with E-state index in [0.29, 0.717) is 22.0 Å². The van der Waals surface area contributed by atoms with E-state index in [1.54, 1.807) is 6.20 Å². The van der Waals surface area contributed by atoms with Crippen LogP contribution in [0.5, 0.6) is 0 Å². The number of H-pyrrole nitrogens is 1. The number of hydrogen-bond donors (Lipinski definition) is 3. The Morgan fingerprint density at radius 1 is 1.27 bits per heavy atom. The van der Waals surface area contributed by atoms with Gasteiger partial charge in [0.2, 0.25) is 11.3 Å². The van der Waals surface area contributed by atoms with Crippen LogP contribution in [0.4, 0.5) is 5.69 Å². The Morgan fingerprint density at radius 3 is 2.55 bits per heavy atom. The van der Waals surface area contributed by atoms with Crippen molar-refractivity contribution < 1.29 is 4.79 Å². The average Bonchev–Trinajstić information content (AvgIpc) is 2.43. The summed E-state index contributed by atoms with van der Waals surface area (Å²) in [7, 11) is 0. The predicted octanol–water partition coefficient (Wildman–Crippen LogP) is 2.65. The van der Waals surface area contributed by atoms with Gasteiger partial charge in [0.25, 0.3) is 0 Å². The van der Waals surface area contributed by atoms with Gasteiger partial charge in [-0.3, -0.25) is 9.59 Å². The molecule has 0 aliphatic heterocycles. The molecule has 1 aromatic heterocycles. The van der Waals surface area contributed by atoms with Crippen LogP contribution in [0.25, 0.3) is 0 Å². The summed E-state index contributed by atoms with van der Waals surface area (Å²) < 4.78 is 0.419. The minimum absolute atomic E-state index is 0. The Bertz CT molecular complexity index is 593. The van der Waals surface area contributed by atoms with E-state index >= 15 is 0 Å². The molecule has 5 nitrogen and oxygen atoms in total. The van der Waals surface area contributed by atoms with Crippen LogP contribution in [0, 0.1) is 17.8 Å². The minimum Gasteiger partial charge on any atom is -0.365 e. The first kappa shape index (κ1) is 17.5. The van der Waals surface area contributed by atoms with Crippen molar-refractivity contribution in [3.8, 4) is 0 Å². The topological polar surface area (TPSA) is 88.0 Å². The minimum atomic E-state index is -0.199. The third kappa shape index (κ3) is 3.39. The van der Waals surface area contributed by atoms with Crippen LogP contribution in [0.15, 0.2) is 21.7 Å². The molecule has 0 radical (unpaired) electrons. The first-order valence-corrected chi connectivity index (χ1v) is 8.28. The van der Waals surface area contributed by atoms with E-state index < -0.39 is 0 Å². The Kier molecular flexibility index (Phi) is 5.69. The lowest BCUT2D eigenvalue weighted by Gasteiger charge is -2.43. The Balaban J connectivity index is 0.00000176. The van der Waals surface area contributed by atoms with Gasteiger partial charge < -0.3 is 16.0 Å². The van der Waals surface area contributed by atoms with E-state index in [1.807, 2.05) is 0 Å². The molecule has 2 aliphatic carbocycles. The Morgan fingerprint density at radius 2 is 1.91 bits per heavy atom. The molecular formula is C15H21BrClN3O2. The number of aromatic nitrogens is 1. The molecule has 1 aromatic rings. The number of anilines is 1. The van der Waals surface area contributed by atoms with Crippen molar-refractivity contribution in [1.82, 2.24) is 4.98 Å². The molecule has 2 fully saturated rings. The van der Waals surface area contributed by atoms with Crippen molar-refractivity contribution in [2.45, 2.75) is 38.1 Å². The summed E-state index contributed by atoms with van der Waals surface area (Å²) in [6, 6.07) is 0.247. The summed E-state index contributed by atoms with van der Waals surface area (Å²) in [4.78, 5) is 27.2. The van der Waals surface area contributed by atoms with Gasteiger partial charge in [-0.25, -0.2) is 0 Å². The zero-order valence-electron chi connectivity index (χ0n) is 12.2. The van der Waals surface area contributed by atoms with E-state index in [-0.39, 0.29) is 35.7 Å². The molecule has 4 N–H and O–H groups in total. The van der Waals surface area contributed by atoms with Gasteiger partial charge >= 0.3 is 0 Å². The molecule has 0 saturated heterocycles. The second-order valence-electron chi connectivity index (χ2n) is 6.23. The largest absolute Gasteiger partial charge is 0.365 e. The standard InChI is InChI=1S/C15H20BrN3O2.ClH/c16-11-6-18-7-12(14(11)20)19-15(21)10-4-8-2-1-3-9(5-10)13(8)17;/h6-10,13H,1-5,17H2,(H,18,20)(H,19,21);1H. The number of nitrogens with one attached hydrogen (secondary N) is 2. The van der Waals surface area contributed by atoms with Crippen LogP contribution >= 0.6 is 28.3 Å². The molecule has 7 heteroatoms. The SMILES string of the molecule is Cl.NC1C2CCCC1CC(C(=O)Nc1c[nH]cc(Br)c1=O)C2. The van der Waals surface area contributed by atoms with Gasteiger partial charge in [-0.05, 0) is 53.4 Å². The number of carbonyl (C=O) groups is 1. The van der Waals surface area contributed by atoms with Gasteiger partial charge in [0.15, 0.2) is 0 Å². The fraction of sp³-hybridized carbons (Fsp3) is 0.600. The number of hydrogen-bond acceptors (Lipinski definition) is 3. The number of pyridine rings is 1. The monoisotopic (exact) mass is 389 g/mol. The Labute approximate surface area is 144 Å². The van der Waals surface area contributed by atoms with Gasteiger partial charge in [0, 0.05) is 24.4 Å². The van der Waals surface area contributed by atoms with Crippen LogP contribution < -0.4 is 16.5 Å². The van der Waals surface area contributed by atoms with Crippen LogP contribution in [-0.4, -0.2) is 16.9 Å². The van der Waals surface area contributed by atoms with E-state index in [2.05, 4.69) is 26.2 Å². The summed E-state index contributed by atoms with van der Waals surface area (Å²) in [6.07, 6.45) is 8.24. The highest BCUT2D eigenvalue weighted by Gasteiger charge is 2.40. The van der Waals surface area contributed by atoms with Crippen molar-refractivity contribution >= 4 is 39.9 Å². The fourth-order valence-corrected chi connectivity index (χ4v) is 4.13. The molecule has 1 amide bonds. The molecule has 2 unspecified atom stereocenters. The highest BCUT2D eigenvalue weighted by Crippen LogP contribution is 2.42. The predicted molar refractivity (Wildman–Crippen MR) is 92.2 cm³/mol. The third-order valence-corrected chi connectivity index (χ3v) is 5.53. The first-order chi connectivity index (χ1) is 10.1. The number of aromatic amines is 1. The van der Waals surface area contributed by atoms with Gasteiger partial charge in [-0.1, -0.05) is 6.42 Å². The van der Waals surface area contributed by atoms with Crippen LogP contribution in [-0.2, 0) is 4.79 Å². The number of nitrogens with two attached hydrogens (primary N) is 1. The Hall–Kier alpha value is -0.850. The smallest absolute Gasteiger partial charge is 0.227 e. The number of rotatable bonds is 2. The summed E-state index contributed by atoms with van der Waals surface area (Å²) in [5.74, 6) is 0.823. The zero-order chi connectivity index (χ0) is 15.0. The molecule has 2 atom stereocenters. The maximum Gasteiger partial charge on any atom is 0.227 e. The van der Waals surface area contributed by atoms with Gasteiger partial charge in [0.05, 0.1) is 4.47 Å². The summed E-state index contributed by atoms with van der Waals surface area (Å²) in [6.45, 7) is 0. The summed E-state index contributed by atoms with van der Waals surface area (Å²) in [5, 5.41) is 2.77. The molecule has 2 aliphatic rings. The number of fused-ring (bicyclic) bond motifs is 2. The molecule has 22 heavy (non-hydrogen) atoms. The third-order valence-electron chi connectivity index (χ3n) is 4.94. The van der Waals surface area contributed by atoms with Crippen molar-refractivity contribution in [1.29, 1.82) is 0 Å². The maximum absolute atomic E-state index is 12.4. The maximum atomic E-state index is 12.4. The number of carbonyl (C=O) groups excluding carboxylic acids is 1. The van der Waals surface area contributed by atoms with Gasteiger partial charge in [0.1, 0.15) is 5.69 Å². The quantitative estimate of drug-likeness (QED) is 0.725. The fourth-order valence-electron chi connectivity index (χ4n) is 3.79. The summed E-state index contributed by atoms with van der Waals surface area (Å²) in [5.41, 5.74) is 6.35. The molecule has 0 aromatic carbocycles. The van der Waals surface area contributed by atoms with Crippen molar-refractivity contribution in [2.75, 3.05) is 5.32 Å². The van der Waals surface area contributed by atoms with Crippen molar-refractivity contribution in [3.05, 3.63) is 27.1 Å². The second-order valence-corrected chi connectivity index (χ2v) is 7.09. The second kappa shape index (κ2) is 7.15. The van der Waals surface area contributed by atoms with E-state index in [0.717, 1.165) is 25.7 Å². The molecule has 1 heterocycles. The molecular weight excluding hydrogens is 370 g/mol. The summed E-state index contributed by atoms with van der Waals surface area (Å²) >= 11 is 3.17. The van der Waals surface area contributed by atoms with Gasteiger partial charge in [-0.15, -0.1) is 12.4 Å². The lowest BCUT2D eigenvalue weighted by molar-refractivity contribution is -0.122. The lowest BCUT2D eigenvalue weighted by Crippen LogP contribution is -2.48. The number of halogens is 2. The molecule has 0 spiro atoms. The highest BCUT2D eigenvalue weighted by molar-refractivity contribution is 9.10. The lowest BCUT2D eigenvalue weighted by atomic mass is 9.65. The zero-order valence-corrected chi connectivity index (χ0v) is 14.6. The van der Waals surface area contributed by atoms with Crippen molar-refractivity contribution in [3.63, 3.8) is 0 Å². The van der Waals surface area contributed by atoms with Crippen LogP contribution in [0.3, 0.4) is 0 Å². The highest BCUT2D eigenvalue weighted by atomic mass is 79.9. The van der Waals surface area contributed by atoms with E-state index in [4.69, 9.17) is 5.73 Å². The van der Waals surface area contributed by atoms with Crippen molar-refractivity contribution in [2.24, 2.45) is 23.5 Å². The molecule has 2 saturated carbocycles. The van der Waals surface area contributed by atoms with Gasteiger partial charge in [-0.2, -0.15) is 0 Å². The average molecular weight is 391 g/mol. The van der Waals surface area contributed by atoms with E-state index in [1.165, 1.54) is 12.6 Å².